The highest BCUT2D eigenvalue weighted by Gasteiger charge is 2.79. The van der Waals surface area contributed by atoms with Crippen LogP contribution in [0.1, 0.15) is 5.56 Å². The molecule has 3 fully saturated rings. The van der Waals surface area contributed by atoms with Crippen LogP contribution in [0.15, 0.2) is 60.7 Å². The number of para-hydroxylation sites is 2. The van der Waals surface area contributed by atoms with Crippen LogP contribution < -0.4 is 4.90 Å². The maximum absolute atomic E-state index is 13.7. The van der Waals surface area contributed by atoms with E-state index in [0.717, 1.165) is 22.5 Å². The number of fused-ring (bicyclic) bond motifs is 1. The molecule has 3 heterocycles. The van der Waals surface area contributed by atoms with E-state index in [-0.39, 0.29) is 23.6 Å². The molecule has 0 radical (unpaired) electrons. The Bertz CT molecular complexity index is 1290. The first-order chi connectivity index (χ1) is 15.9. The predicted octanol–water partition coefficient (Wildman–Crippen LogP) is 2.07. The summed E-state index contributed by atoms with van der Waals surface area (Å²) < 4.78 is 0. The van der Waals surface area contributed by atoms with E-state index in [1.807, 2.05) is 60.7 Å². The summed E-state index contributed by atoms with van der Waals surface area (Å²) in [6.07, 6.45) is 2.03. The van der Waals surface area contributed by atoms with Crippen LogP contribution in [0.2, 0.25) is 0 Å². The van der Waals surface area contributed by atoms with E-state index in [0.29, 0.717) is 0 Å². The van der Waals surface area contributed by atoms with Crippen molar-refractivity contribution < 1.29 is 19.2 Å². The average molecular weight is 439 g/mol. The van der Waals surface area contributed by atoms with Crippen LogP contribution in [-0.4, -0.2) is 53.1 Å². The van der Waals surface area contributed by atoms with Crippen molar-refractivity contribution in [3.05, 3.63) is 66.2 Å². The fraction of sp³-hybridized carbons (Fsp3) is 0.308. The Labute approximate surface area is 190 Å². The van der Waals surface area contributed by atoms with Gasteiger partial charge in [-0.1, -0.05) is 42.5 Å². The first-order valence-corrected chi connectivity index (χ1v) is 11.2. The number of anilines is 2. The third kappa shape index (κ3) is 1.83. The van der Waals surface area contributed by atoms with Gasteiger partial charge in [0.05, 0.1) is 29.2 Å². The Morgan fingerprint density at radius 2 is 1.24 bits per heavy atom. The van der Waals surface area contributed by atoms with Gasteiger partial charge in [0.1, 0.15) is 0 Å². The first-order valence-electron chi connectivity index (χ1n) is 11.2. The Balaban J connectivity index is 1.62. The average Bonchev–Trinajstić information content (AvgIpc) is 3.37. The maximum atomic E-state index is 13.7. The molecule has 0 aromatic heterocycles. The van der Waals surface area contributed by atoms with E-state index in [9.17, 15) is 19.2 Å². The van der Waals surface area contributed by atoms with E-state index in [1.165, 1.54) is 23.9 Å². The van der Waals surface area contributed by atoms with Gasteiger partial charge in [0.25, 0.3) is 0 Å². The summed E-state index contributed by atoms with van der Waals surface area (Å²) in [4.78, 5) is 58.6. The van der Waals surface area contributed by atoms with E-state index >= 15 is 0 Å². The zero-order chi connectivity index (χ0) is 22.8. The van der Waals surface area contributed by atoms with E-state index in [2.05, 4.69) is 4.90 Å². The summed E-state index contributed by atoms with van der Waals surface area (Å²) in [5.74, 6) is -4.35. The van der Waals surface area contributed by atoms with Gasteiger partial charge in [-0.2, -0.15) is 0 Å². The number of benzene rings is 2. The summed E-state index contributed by atoms with van der Waals surface area (Å²) in [5, 5.41) is 0. The third-order valence-electron chi connectivity index (χ3n) is 8.53. The number of hydrogen-bond acceptors (Lipinski definition) is 5. The summed E-state index contributed by atoms with van der Waals surface area (Å²) in [6.45, 7) is 0. The minimum atomic E-state index is -1.13. The molecule has 7 nitrogen and oxygen atoms in total. The molecule has 3 aliphatic heterocycles. The van der Waals surface area contributed by atoms with E-state index in [4.69, 9.17) is 0 Å². The lowest BCUT2D eigenvalue weighted by atomic mass is 9.47. The van der Waals surface area contributed by atoms with Crippen molar-refractivity contribution in [3.63, 3.8) is 0 Å². The summed E-state index contributed by atoms with van der Waals surface area (Å²) >= 11 is 0. The number of nitrogens with zero attached hydrogens (tertiary/aromatic N) is 3. The Hall–Kier alpha value is -3.74. The van der Waals surface area contributed by atoms with Crippen molar-refractivity contribution >= 4 is 40.6 Å². The molecule has 2 bridgehead atoms. The van der Waals surface area contributed by atoms with Crippen molar-refractivity contribution in [1.29, 1.82) is 0 Å². The smallest absolute Gasteiger partial charge is 0.235 e. The van der Waals surface area contributed by atoms with Crippen LogP contribution in [0, 0.1) is 29.6 Å². The maximum Gasteiger partial charge on any atom is 0.235 e. The lowest BCUT2D eigenvalue weighted by molar-refractivity contribution is -0.138. The molecule has 2 aromatic carbocycles. The van der Waals surface area contributed by atoms with Crippen LogP contribution in [0.25, 0.3) is 5.57 Å². The van der Waals surface area contributed by atoms with Gasteiger partial charge in [-0.15, -0.1) is 0 Å². The highest BCUT2D eigenvalue weighted by atomic mass is 16.2. The monoisotopic (exact) mass is 439 g/mol. The molecule has 6 aliphatic rings. The molecule has 1 saturated carbocycles. The molecule has 0 N–H and O–H groups in total. The second-order valence-corrected chi connectivity index (χ2v) is 9.65. The number of hydrogen-bond donors (Lipinski definition) is 0. The van der Waals surface area contributed by atoms with Gasteiger partial charge >= 0.3 is 0 Å². The second kappa shape index (κ2) is 5.78. The number of allylic oxidation sites excluding steroid dienone is 1. The van der Waals surface area contributed by atoms with Crippen LogP contribution >= 0.6 is 0 Å². The Morgan fingerprint density at radius 1 is 0.697 bits per heavy atom. The molecule has 1 spiro atoms. The number of carbonyl (C=O) groups is 4. The first kappa shape index (κ1) is 18.8. The van der Waals surface area contributed by atoms with Crippen molar-refractivity contribution in [2.75, 3.05) is 19.0 Å². The molecule has 2 saturated heterocycles. The highest BCUT2D eigenvalue weighted by molar-refractivity contribution is 6.17. The summed E-state index contributed by atoms with van der Waals surface area (Å²) in [6, 6.07) is 17.5. The number of amides is 4. The minimum absolute atomic E-state index is 0.262. The number of carbonyl (C=O) groups excluding carboxylic acids is 4. The third-order valence-corrected chi connectivity index (χ3v) is 8.53. The molecule has 33 heavy (non-hydrogen) atoms. The molecule has 3 aliphatic carbocycles. The molecular formula is C26H21N3O4. The fourth-order valence-electron chi connectivity index (χ4n) is 7.39. The molecule has 2 unspecified atom stereocenters. The molecule has 164 valence electrons. The van der Waals surface area contributed by atoms with Crippen molar-refractivity contribution in [2.45, 2.75) is 5.54 Å². The van der Waals surface area contributed by atoms with E-state index in [1.54, 1.807) is 0 Å². The lowest BCUT2D eigenvalue weighted by Crippen LogP contribution is -2.68. The number of likely N-dealkylation sites (tertiary alicyclic amines) is 2. The van der Waals surface area contributed by atoms with Gasteiger partial charge in [-0.05, 0) is 23.8 Å². The molecule has 8 rings (SSSR count). The fourth-order valence-corrected chi connectivity index (χ4v) is 7.39. The van der Waals surface area contributed by atoms with Gasteiger partial charge in [0, 0.05) is 37.0 Å². The predicted molar refractivity (Wildman–Crippen MR) is 119 cm³/mol. The lowest BCUT2D eigenvalue weighted by Gasteiger charge is -2.57. The number of imide groups is 2. The Kier molecular flexibility index (Phi) is 3.29. The van der Waals surface area contributed by atoms with Crippen LogP contribution in [-0.2, 0) is 19.2 Å². The highest BCUT2D eigenvalue weighted by Crippen LogP contribution is 2.70. The minimum Gasteiger partial charge on any atom is -0.329 e. The summed E-state index contributed by atoms with van der Waals surface area (Å²) in [5.41, 5.74) is 2.43. The van der Waals surface area contributed by atoms with Crippen LogP contribution in [0.5, 0.6) is 0 Å². The topological polar surface area (TPSA) is 78.0 Å². The normalized spacial score (nSPS) is 35.6. The largest absolute Gasteiger partial charge is 0.329 e. The van der Waals surface area contributed by atoms with Crippen molar-refractivity contribution in [1.82, 2.24) is 9.80 Å². The second-order valence-electron chi connectivity index (χ2n) is 9.65. The zero-order valence-corrected chi connectivity index (χ0v) is 18.1. The molecule has 6 atom stereocenters. The van der Waals surface area contributed by atoms with Gasteiger partial charge < -0.3 is 4.90 Å². The number of rotatable bonds is 1. The SMILES string of the molecule is CN1C(=O)[C@@H]2C3C=C4c5ccccc5N(c5ccccc5)C4([C@@H]2C1=O)[C@H]1C(=O)N(C)C(=O)[C@@H]31. The quantitative estimate of drug-likeness (QED) is 0.636. The van der Waals surface area contributed by atoms with Gasteiger partial charge in [-0.25, -0.2) is 0 Å². The van der Waals surface area contributed by atoms with Crippen LogP contribution in [0.4, 0.5) is 11.4 Å². The van der Waals surface area contributed by atoms with Gasteiger partial charge in [0.15, 0.2) is 0 Å². The molecular weight excluding hydrogens is 418 g/mol. The van der Waals surface area contributed by atoms with Crippen molar-refractivity contribution in [3.8, 4) is 0 Å². The Morgan fingerprint density at radius 3 is 1.85 bits per heavy atom. The summed E-state index contributed by atoms with van der Waals surface area (Å²) in [7, 11) is 3.03. The van der Waals surface area contributed by atoms with Crippen molar-refractivity contribution in [2.24, 2.45) is 29.6 Å². The van der Waals surface area contributed by atoms with Gasteiger partial charge in [-0.3, -0.25) is 29.0 Å². The molecule has 2 aromatic rings. The van der Waals surface area contributed by atoms with Gasteiger partial charge in [0.2, 0.25) is 23.6 Å². The van der Waals surface area contributed by atoms with E-state index < -0.39 is 35.1 Å². The zero-order valence-electron chi connectivity index (χ0n) is 18.1. The molecule has 4 amide bonds. The standard InChI is InChI=1S/C26H21N3O4/c1-27-22(30)18-15-12-16-14-10-6-7-11-17(14)29(13-8-4-3-5-9-13)26(16,20(18)24(27)32)21-19(15)23(31)28(2)25(21)33/h3-12,15,18-21H,1-2H3/t15?,18-,19+,20+,21-,26?. The molecule has 7 heteroatoms. The van der Waals surface area contributed by atoms with Crippen LogP contribution in [0.3, 0.4) is 0 Å².